The number of carbonyl (C=O) groups is 1. The molecule has 0 bridgehead atoms. The predicted molar refractivity (Wildman–Crippen MR) is 69.1 cm³/mol. The molecule has 0 spiro atoms. The number of pyridine rings is 1. The number of nitrogens with two attached hydrogens (primary N) is 1. The lowest BCUT2D eigenvalue weighted by atomic mass is 9.82. The maximum Gasteiger partial charge on any atom is 0.269 e. The molecule has 0 radical (unpaired) electrons. The van der Waals surface area contributed by atoms with Gasteiger partial charge in [0.15, 0.2) is 0 Å². The fraction of sp³-hybridized carbons (Fsp3) is 0.538. The maximum absolute atomic E-state index is 11.9. The topological polar surface area (TPSA) is 77.2 Å². The van der Waals surface area contributed by atoms with Crippen molar-refractivity contribution in [3.8, 4) is 0 Å². The van der Waals surface area contributed by atoms with Crippen molar-refractivity contribution in [1.82, 2.24) is 10.3 Å². The zero-order valence-corrected chi connectivity index (χ0v) is 10.6. The molecule has 0 aromatic carbocycles. The Balaban J connectivity index is 1.89. The van der Waals surface area contributed by atoms with E-state index in [0.717, 1.165) is 26.1 Å². The Hall–Kier alpha value is -1.62. The average Bonchev–Trinajstić information content (AvgIpc) is 2.38. The van der Waals surface area contributed by atoms with Crippen LogP contribution in [0, 0.1) is 5.41 Å². The summed E-state index contributed by atoms with van der Waals surface area (Å²) in [6.45, 7) is 4.37. The molecule has 1 amide bonds. The molecule has 1 saturated heterocycles. The molecule has 5 heteroatoms. The molecule has 1 aliphatic rings. The Kier molecular flexibility index (Phi) is 3.81. The maximum atomic E-state index is 11.9. The highest BCUT2D eigenvalue weighted by Crippen LogP contribution is 2.28. The summed E-state index contributed by atoms with van der Waals surface area (Å²) in [4.78, 5) is 15.9. The molecule has 0 saturated carbocycles. The molecule has 2 rings (SSSR count). The molecular weight excluding hydrogens is 230 g/mol. The SMILES string of the molecule is CC1(CNC(=O)c2ccc(N)cn2)CCOCC1. The van der Waals surface area contributed by atoms with E-state index in [1.54, 1.807) is 12.1 Å². The number of nitrogen functional groups attached to an aromatic ring is 1. The van der Waals surface area contributed by atoms with E-state index >= 15 is 0 Å². The van der Waals surface area contributed by atoms with E-state index in [1.165, 1.54) is 6.20 Å². The first kappa shape index (κ1) is 12.8. The van der Waals surface area contributed by atoms with Crippen molar-refractivity contribution >= 4 is 11.6 Å². The van der Waals surface area contributed by atoms with Gasteiger partial charge < -0.3 is 15.8 Å². The van der Waals surface area contributed by atoms with Crippen LogP contribution in [0.5, 0.6) is 0 Å². The summed E-state index contributed by atoms with van der Waals surface area (Å²) >= 11 is 0. The van der Waals surface area contributed by atoms with E-state index in [2.05, 4.69) is 17.2 Å². The van der Waals surface area contributed by atoms with Gasteiger partial charge in [-0.3, -0.25) is 4.79 Å². The van der Waals surface area contributed by atoms with E-state index in [-0.39, 0.29) is 11.3 Å². The molecule has 1 aliphatic heterocycles. The molecule has 1 aromatic rings. The van der Waals surface area contributed by atoms with Crippen LogP contribution in [-0.4, -0.2) is 30.6 Å². The predicted octanol–water partition coefficient (Wildman–Crippen LogP) is 1.21. The number of anilines is 1. The van der Waals surface area contributed by atoms with Crippen LogP contribution in [0.15, 0.2) is 18.3 Å². The summed E-state index contributed by atoms with van der Waals surface area (Å²) in [5.74, 6) is -0.150. The van der Waals surface area contributed by atoms with Gasteiger partial charge in [0, 0.05) is 19.8 Å². The third kappa shape index (κ3) is 3.20. The standard InChI is InChI=1S/C13H19N3O2/c1-13(4-6-18-7-5-13)9-16-12(17)11-3-2-10(14)8-15-11/h2-3,8H,4-7,9,14H2,1H3,(H,16,17). The largest absolute Gasteiger partial charge is 0.397 e. The van der Waals surface area contributed by atoms with Crippen molar-refractivity contribution in [2.24, 2.45) is 5.41 Å². The molecule has 0 aliphatic carbocycles. The number of carbonyl (C=O) groups excluding carboxylic acids is 1. The highest BCUT2D eigenvalue weighted by Gasteiger charge is 2.27. The van der Waals surface area contributed by atoms with Gasteiger partial charge in [0.1, 0.15) is 5.69 Å². The summed E-state index contributed by atoms with van der Waals surface area (Å²) in [5.41, 5.74) is 6.62. The van der Waals surface area contributed by atoms with Gasteiger partial charge in [0.05, 0.1) is 11.9 Å². The van der Waals surface area contributed by atoms with Crippen LogP contribution in [-0.2, 0) is 4.74 Å². The summed E-state index contributed by atoms with van der Waals surface area (Å²) in [7, 11) is 0. The summed E-state index contributed by atoms with van der Waals surface area (Å²) < 4.78 is 5.33. The first-order chi connectivity index (χ1) is 8.59. The van der Waals surface area contributed by atoms with Crippen LogP contribution in [0.25, 0.3) is 0 Å². The number of hydrogen-bond donors (Lipinski definition) is 2. The Bertz CT molecular complexity index is 411. The van der Waals surface area contributed by atoms with Crippen molar-refractivity contribution in [1.29, 1.82) is 0 Å². The normalized spacial score (nSPS) is 18.3. The Labute approximate surface area is 107 Å². The molecule has 0 atom stereocenters. The molecule has 98 valence electrons. The minimum Gasteiger partial charge on any atom is -0.397 e. The van der Waals surface area contributed by atoms with Gasteiger partial charge in [-0.25, -0.2) is 4.98 Å². The van der Waals surface area contributed by atoms with E-state index in [1.807, 2.05) is 0 Å². The second-order valence-corrected chi connectivity index (χ2v) is 5.08. The van der Waals surface area contributed by atoms with Crippen molar-refractivity contribution in [3.05, 3.63) is 24.0 Å². The number of nitrogens with zero attached hydrogens (tertiary/aromatic N) is 1. The Morgan fingerprint density at radius 1 is 1.50 bits per heavy atom. The first-order valence-corrected chi connectivity index (χ1v) is 6.17. The van der Waals surface area contributed by atoms with Crippen molar-refractivity contribution in [2.75, 3.05) is 25.5 Å². The van der Waals surface area contributed by atoms with E-state index < -0.39 is 0 Å². The zero-order valence-electron chi connectivity index (χ0n) is 10.6. The molecule has 0 unspecified atom stereocenters. The Morgan fingerprint density at radius 3 is 2.83 bits per heavy atom. The van der Waals surface area contributed by atoms with Crippen LogP contribution in [0.1, 0.15) is 30.3 Å². The van der Waals surface area contributed by atoms with E-state index in [0.29, 0.717) is 17.9 Å². The fourth-order valence-corrected chi connectivity index (χ4v) is 1.96. The van der Waals surface area contributed by atoms with Crippen LogP contribution in [0.3, 0.4) is 0 Å². The van der Waals surface area contributed by atoms with Gasteiger partial charge in [-0.2, -0.15) is 0 Å². The number of hydrogen-bond acceptors (Lipinski definition) is 4. The molecule has 2 heterocycles. The second kappa shape index (κ2) is 5.35. The third-order valence-electron chi connectivity index (χ3n) is 3.39. The quantitative estimate of drug-likeness (QED) is 0.844. The van der Waals surface area contributed by atoms with Gasteiger partial charge in [0.25, 0.3) is 5.91 Å². The highest BCUT2D eigenvalue weighted by molar-refractivity contribution is 5.92. The van der Waals surface area contributed by atoms with Crippen LogP contribution in [0.4, 0.5) is 5.69 Å². The number of nitrogens with one attached hydrogen (secondary N) is 1. The van der Waals surface area contributed by atoms with Crippen molar-refractivity contribution < 1.29 is 9.53 Å². The first-order valence-electron chi connectivity index (χ1n) is 6.17. The number of aromatic nitrogens is 1. The van der Waals surface area contributed by atoms with Crippen LogP contribution < -0.4 is 11.1 Å². The number of amides is 1. The highest BCUT2D eigenvalue weighted by atomic mass is 16.5. The fourth-order valence-electron chi connectivity index (χ4n) is 1.96. The van der Waals surface area contributed by atoms with Gasteiger partial charge in [0.2, 0.25) is 0 Å². The molecule has 5 nitrogen and oxygen atoms in total. The molecule has 1 aromatic heterocycles. The van der Waals surface area contributed by atoms with E-state index in [9.17, 15) is 4.79 Å². The number of ether oxygens (including phenoxy) is 1. The lowest BCUT2D eigenvalue weighted by Crippen LogP contribution is -2.39. The van der Waals surface area contributed by atoms with Gasteiger partial charge in [-0.05, 0) is 30.4 Å². The Morgan fingerprint density at radius 2 is 2.22 bits per heavy atom. The van der Waals surface area contributed by atoms with Crippen LogP contribution >= 0.6 is 0 Å². The summed E-state index contributed by atoms with van der Waals surface area (Å²) in [6.07, 6.45) is 3.44. The summed E-state index contributed by atoms with van der Waals surface area (Å²) in [6, 6.07) is 3.31. The average molecular weight is 249 g/mol. The minimum absolute atomic E-state index is 0.127. The van der Waals surface area contributed by atoms with E-state index in [4.69, 9.17) is 10.5 Å². The molecule has 18 heavy (non-hydrogen) atoms. The monoisotopic (exact) mass is 249 g/mol. The lowest BCUT2D eigenvalue weighted by Gasteiger charge is -2.33. The number of rotatable bonds is 3. The lowest BCUT2D eigenvalue weighted by molar-refractivity contribution is 0.0238. The van der Waals surface area contributed by atoms with Gasteiger partial charge >= 0.3 is 0 Å². The van der Waals surface area contributed by atoms with Crippen molar-refractivity contribution in [3.63, 3.8) is 0 Å². The van der Waals surface area contributed by atoms with Crippen molar-refractivity contribution in [2.45, 2.75) is 19.8 Å². The van der Waals surface area contributed by atoms with Gasteiger partial charge in [-0.15, -0.1) is 0 Å². The molecule has 1 fully saturated rings. The molecule has 3 N–H and O–H groups in total. The smallest absolute Gasteiger partial charge is 0.269 e. The van der Waals surface area contributed by atoms with Gasteiger partial charge in [-0.1, -0.05) is 6.92 Å². The molecular formula is C13H19N3O2. The van der Waals surface area contributed by atoms with Crippen LogP contribution in [0.2, 0.25) is 0 Å². The third-order valence-corrected chi connectivity index (χ3v) is 3.39. The minimum atomic E-state index is -0.150. The second-order valence-electron chi connectivity index (χ2n) is 5.08. The zero-order chi connectivity index (χ0) is 13.0. The summed E-state index contributed by atoms with van der Waals surface area (Å²) in [5, 5.41) is 2.93.